The standard InChI is InChI=1S/C14H19F3N2O3S2/c1-18(2)24(20,21)19-6-11(23)4-10(19)8-22-7-9-3-13(16)14(17)5-12(9)15/h3,5,10-11,23H,4,6-8H2,1-2H3/t10-,11+/m0/s1. The molecule has 10 heteroatoms. The molecule has 0 amide bonds. The molecule has 1 aromatic carbocycles. The van der Waals surface area contributed by atoms with Crippen LogP contribution in [0.15, 0.2) is 12.1 Å². The van der Waals surface area contributed by atoms with Gasteiger partial charge in [-0.2, -0.15) is 29.7 Å². The van der Waals surface area contributed by atoms with E-state index in [1.54, 1.807) is 0 Å². The second kappa shape index (κ2) is 7.61. The highest BCUT2D eigenvalue weighted by molar-refractivity contribution is 7.86. The zero-order valence-corrected chi connectivity index (χ0v) is 15.0. The monoisotopic (exact) mass is 384 g/mol. The summed E-state index contributed by atoms with van der Waals surface area (Å²) in [6.45, 7) is -0.0353. The van der Waals surface area contributed by atoms with E-state index in [0.29, 0.717) is 12.5 Å². The van der Waals surface area contributed by atoms with E-state index in [0.717, 1.165) is 10.4 Å². The molecule has 0 aliphatic carbocycles. The van der Waals surface area contributed by atoms with Crippen LogP contribution in [0.3, 0.4) is 0 Å². The molecule has 2 rings (SSSR count). The molecule has 1 aromatic rings. The lowest BCUT2D eigenvalue weighted by Crippen LogP contribution is -2.44. The van der Waals surface area contributed by atoms with Crippen molar-refractivity contribution in [1.82, 2.24) is 8.61 Å². The van der Waals surface area contributed by atoms with Crippen molar-refractivity contribution in [3.05, 3.63) is 35.1 Å². The number of ether oxygens (including phenoxy) is 1. The smallest absolute Gasteiger partial charge is 0.281 e. The molecule has 136 valence electrons. The van der Waals surface area contributed by atoms with Crippen LogP contribution < -0.4 is 0 Å². The number of hydrogen-bond donors (Lipinski definition) is 1. The first-order chi connectivity index (χ1) is 11.1. The Bertz CT molecular complexity index is 701. The van der Waals surface area contributed by atoms with Crippen molar-refractivity contribution >= 4 is 22.8 Å². The third-order valence-corrected chi connectivity index (χ3v) is 6.09. The summed E-state index contributed by atoms with van der Waals surface area (Å²) in [7, 11) is -0.767. The van der Waals surface area contributed by atoms with Crippen LogP contribution in [0.2, 0.25) is 0 Å². The van der Waals surface area contributed by atoms with Crippen LogP contribution in [0.5, 0.6) is 0 Å². The molecule has 1 aliphatic rings. The van der Waals surface area contributed by atoms with E-state index in [4.69, 9.17) is 4.74 Å². The molecule has 0 spiro atoms. The van der Waals surface area contributed by atoms with Crippen molar-refractivity contribution in [3.8, 4) is 0 Å². The molecular formula is C14H19F3N2O3S2. The molecule has 1 fully saturated rings. The minimum Gasteiger partial charge on any atom is -0.375 e. The van der Waals surface area contributed by atoms with Crippen molar-refractivity contribution in [3.63, 3.8) is 0 Å². The number of thiol groups is 1. The Kier molecular flexibility index (Phi) is 6.19. The van der Waals surface area contributed by atoms with Gasteiger partial charge in [0.1, 0.15) is 5.82 Å². The first-order valence-electron chi connectivity index (χ1n) is 7.21. The maximum absolute atomic E-state index is 13.6. The van der Waals surface area contributed by atoms with Crippen molar-refractivity contribution in [2.45, 2.75) is 24.3 Å². The van der Waals surface area contributed by atoms with Gasteiger partial charge >= 0.3 is 0 Å². The van der Waals surface area contributed by atoms with E-state index in [1.165, 1.54) is 18.4 Å². The Hall–Kier alpha value is -0.810. The molecule has 0 bridgehead atoms. The third kappa shape index (κ3) is 4.23. The maximum atomic E-state index is 13.6. The molecule has 24 heavy (non-hydrogen) atoms. The van der Waals surface area contributed by atoms with Crippen molar-refractivity contribution in [2.75, 3.05) is 27.2 Å². The summed E-state index contributed by atoms with van der Waals surface area (Å²) in [5.41, 5.74) is -0.128. The van der Waals surface area contributed by atoms with Crippen LogP contribution in [0.4, 0.5) is 13.2 Å². The number of nitrogens with zero attached hydrogens (tertiary/aromatic N) is 2. The van der Waals surface area contributed by atoms with Crippen LogP contribution in [0.25, 0.3) is 0 Å². The highest BCUT2D eigenvalue weighted by Crippen LogP contribution is 2.26. The van der Waals surface area contributed by atoms with Crippen LogP contribution in [-0.2, 0) is 21.6 Å². The average molecular weight is 384 g/mol. The number of benzene rings is 1. The van der Waals surface area contributed by atoms with E-state index in [9.17, 15) is 21.6 Å². The topological polar surface area (TPSA) is 49.9 Å². The fourth-order valence-corrected chi connectivity index (χ4v) is 4.33. The van der Waals surface area contributed by atoms with Gasteiger partial charge in [0.25, 0.3) is 10.2 Å². The number of hydrogen-bond acceptors (Lipinski definition) is 4. The minimum absolute atomic E-state index is 0.00255. The predicted molar refractivity (Wildman–Crippen MR) is 86.5 cm³/mol. The van der Waals surface area contributed by atoms with E-state index in [-0.39, 0.29) is 30.6 Å². The fourth-order valence-electron chi connectivity index (χ4n) is 2.49. The normalized spacial score (nSPS) is 22.5. The van der Waals surface area contributed by atoms with Gasteiger partial charge in [0, 0.05) is 37.5 Å². The Balaban J connectivity index is 2.02. The lowest BCUT2D eigenvalue weighted by atomic mass is 10.2. The fraction of sp³-hybridized carbons (Fsp3) is 0.571. The van der Waals surface area contributed by atoms with Crippen molar-refractivity contribution in [1.29, 1.82) is 0 Å². The van der Waals surface area contributed by atoms with Gasteiger partial charge in [-0.3, -0.25) is 0 Å². The van der Waals surface area contributed by atoms with Gasteiger partial charge in [0.15, 0.2) is 11.6 Å². The highest BCUT2D eigenvalue weighted by Gasteiger charge is 2.39. The quantitative estimate of drug-likeness (QED) is 0.601. The molecule has 0 radical (unpaired) electrons. The summed E-state index contributed by atoms with van der Waals surface area (Å²) in [5, 5.41) is -0.131. The minimum atomic E-state index is -3.62. The molecule has 1 heterocycles. The zero-order chi connectivity index (χ0) is 18.1. The van der Waals surface area contributed by atoms with E-state index < -0.39 is 33.7 Å². The molecule has 2 atom stereocenters. The molecule has 0 unspecified atom stereocenters. The Morgan fingerprint density at radius 2 is 1.88 bits per heavy atom. The zero-order valence-electron chi connectivity index (χ0n) is 13.2. The lowest BCUT2D eigenvalue weighted by molar-refractivity contribution is 0.0842. The van der Waals surface area contributed by atoms with E-state index >= 15 is 0 Å². The largest absolute Gasteiger partial charge is 0.375 e. The Labute approximate surface area is 145 Å². The summed E-state index contributed by atoms with van der Waals surface area (Å²) in [5.74, 6) is -3.35. The van der Waals surface area contributed by atoms with E-state index in [1.807, 2.05) is 0 Å². The molecule has 1 saturated heterocycles. The second-order valence-corrected chi connectivity index (χ2v) is 8.60. The van der Waals surface area contributed by atoms with Gasteiger partial charge in [-0.1, -0.05) is 0 Å². The average Bonchev–Trinajstić information content (AvgIpc) is 2.86. The second-order valence-electron chi connectivity index (χ2n) is 5.78. The molecular weight excluding hydrogens is 365 g/mol. The highest BCUT2D eigenvalue weighted by atomic mass is 32.2. The van der Waals surface area contributed by atoms with Crippen LogP contribution in [0.1, 0.15) is 12.0 Å². The summed E-state index contributed by atoms with van der Waals surface area (Å²) in [4.78, 5) is 0. The first-order valence-corrected chi connectivity index (χ1v) is 9.12. The Morgan fingerprint density at radius 1 is 1.25 bits per heavy atom. The Morgan fingerprint density at radius 3 is 2.50 bits per heavy atom. The van der Waals surface area contributed by atoms with Crippen LogP contribution in [-0.4, -0.2) is 55.6 Å². The van der Waals surface area contributed by atoms with Gasteiger partial charge in [-0.15, -0.1) is 0 Å². The molecule has 0 saturated carbocycles. The lowest BCUT2D eigenvalue weighted by Gasteiger charge is -2.26. The number of rotatable bonds is 6. The van der Waals surface area contributed by atoms with Crippen molar-refractivity contribution < 1.29 is 26.3 Å². The molecule has 0 aromatic heterocycles. The third-order valence-electron chi connectivity index (χ3n) is 3.76. The number of halogens is 3. The van der Waals surface area contributed by atoms with Crippen molar-refractivity contribution in [2.24, 2.45) is 0 Å². The summed E-state index contributed by atoms with van der Waals surface area (Å²) in [6.07, 6.45) is 0.483. The van der Waals surface area contributed by atoms with Crippen LogP contribution in [0, 0.1) is 17.5 Å². The van der Waals surface area contributed by atoms with Gasteiger partial charge in [0.05, 0.1) is 19.3 Å². The molecule has 1 aliphatic heterocycles. The summed E-state index contributed by atoms with van der Waals surface area (Å²) >= 11 is 4.31. The first kappa shape index (κ1) is 19.5. The van der Waals surface area contributed by atoms with Gasteiger partial charge < -0.3 is 4.74 Å². The predicted octanol–water partition coefficient (Wildman–Crippen LogP) is 1.80. The van der Waals surface area contributed by atoms with Crippen LogP contribution >= 0.6 is 12.6 Å². The van der Waals surface area contributed by atoms with Gasteiger partial charge in [-0.25, -0.2) is 13.2 Å². The summed E-state index contributed by atoms with van der Waals surface area (Å²) in [6, 6.07) is 0.735. The SMILES string of the molecule is CN(C)S(=O)(=O)N1C[C@H](S)C[C@H]1COCc1cc(F)c(F)cc1F. The van der Waals surface area contributed by atoms with E-state index in [2.05, 4.69) is 12.6 Å². The van der Waals surface area contributed by atoms with Gasteiger partial charge in [0.2, 0.25) is 0 Å². The molecule has 0 N–H and O–H groups in total. The summed E-state index contributed by atoms with van der Waals surface area (Å²) < 4.78 is 71.8. The molecule has 5 nitrogen and oxygen atoms in total. The van der Waals surface area contributed by atoms with Gasteiger partial charge in [-0.05, 0) is 12.5 Å². The maximum Gasteiger partial charge on any atom is 0.281 e.